The zero-order chi connectivity index (χ0) is 15.2. The van der Waals surface area contributed by atoms with E-state index in [4.69, 9.17) is 10.5 Å². The van der Waals surface area contributed by atoms with E-state index in [1.54, 1.807) is 0 Å². The summed E-state index contributed by atoms with van der Waals surface area (Å²) >= 11 is 0. The number of primary amides is 1. The van der Waals surface area contributed by atoms with Crippen LogP contribution in [0.2, 0.25) is 0 Å². The fourth-order valence-electron chi connectivity index (χ4n) is 3.01. The number of carbonyl (C=O) groups is 1. The van der Waals surface area contributed by atoms with E-state index < -0.39 is 0 Å². The van der Waals surface area contributed by atoms with E-state index in [1.165, 1.54) is 19.3 Å². The summed E-state index contributed by atoms with van der Waals surface area (Å²) in [7, 11) is 0. The largest absolute Gasteiger partial charge is 0.493 e. The third kappa shape index (κ3) is 4.96. The molecule has 3 atom stereocenters. The van der Waals surface area contributed by atoms with Crippen molar-refractivity contribution in [3.63, 3.8) is 0 Å². The summed E-state index contributed by atoms with van der Waals surface area (Å²) in [5, 5.41) is 3.62. The smallest absolute Gasteiger partial charge is 0.220 e. The maximum atomic E-state index is 10.7. The van der Waals surface area contributed by atoms with Gasteiger partial charge in [0.2, 0.25) is 5.91 Å². The molecule has 1 saturated carbocycles. The fraction of sp³-hybridized carbons (Fsp3) is 0.588. The van der Waals surface area contributed by atoms with Crippen LogP contribution in [0.5, 0.6) is 5.75 Å². The van der Waals surface area contributed by atoms with E-state index in [1.807, 2.05) is 24.3 Å². The molecule has 21 heavy (non-hydrogen) atoms. The molecule has 1 aliphatic carbocycles. The molecule has 0 aliphatic heterocycles. The molecule has 1 aromatic rings. The van der Waals surface area contributed by atoms with E-state index in [0.29, 0.717) is 18.6 Å². The van der Waals surface area contributed by atoms with E-state index >= 15 is 0 Å². The van der Waals surface area contributed by atoms with Crippen molar-refractivity contribution in [1.82, 2.24) is 0 Å². The molecule has 0 radical (unpaired) electrons. The van der Waals surface area contributed by atoms with Gasteiger partial charge in [-0.05, 0) is 55.4 Å². The molecule has 0 bridgehead atoms. The maximum Gasteiger partial charge on any atom is 0.220 e. The first-order chi connectivity index (χ1) is 10.0. The fourth-order valence-corrected chi connectivity index (χ4v) is 3.01. The molecule has 1 aromatic carbocycles. The predicted molar refractivity (Wildman–Crippen MR) is 85.3 cm³/mol. The molecular formula is C17H26N2O2. The van der Waals surface area contributed by atoms with Crippen molar-refractivity contribution < 1.29 is 9.53 Å². The Kier molecular flexibility index (Phi) is 5.48. The molecule has 4 heteroatoms. The minimum Gasteiger partial charge on any atom is -0.493 e. The lowest BCUT2D eigenvalue weighted by Crippen LogP contribution is -2.32. The molecule has 1 aliphatic rings. The van der Waals surface area contributed by atoms with Gasteiger partial charge < -0.3 is 15.8 Å². The maximum absolute atomic E-state index is 10.7. The van der Waals surface area contributed by atoms with Crippen molar-refractivity contribution in [3.8, 4) is 5.75 Å². The van der Waals surface area contributed by atoms with Crippen LogP contribution < -0.4 is 15.8 Å². The van der Waals surface area contributed by atoms with Gasteiger partial charge in [-0.3, -0.25) is 4.79 Å². The minimum absolute atomic E-state index is 0.248. The van der Waals surface area contributed by atoms with Gasteiger partial charge in [0.05, 0.1) is 13.0 Å². The number of hydrogen-bond donors (Lipinski definition) is 2. The average molecular weight is 290 g/mol. The van der Waals surface area contributed by atoms with Gasteiger partial charge in [0.25, 0.3) is 0 Å². The van der Waals surface area contributed by atoms with Crippen molar-refractivity contribution in [1.29, 1.82) is 0 Å². The van der Waals surface area contributed by atoms with Crippen molar-refractivity contribution in [2.24, 2.45) is 17.6 Å². The number of benzene rings is 1. The molecule has 4 nitrogen and oxygen atoms in total. The van der Waals surface area contributed by atoms with Crippen molar-refractivity contribution in [2.45, 2.75) is 45.6 Å². The third-order valence-corrected chi connectivity index (χ3v) is 4.26. The third-order valence-electron chi connectivity index (χ3n) is 4.26. The van der Waals surface area contributed by atoms with Gasteiger partial charge in [0.15, 0.2) is 0 Å². The quantitative estimate of drug-likeness (QED) is 0.845. The SMILES string of the molecule is CC1CCC(Nc2ccc(OCCC(N)=O)cc2)C(C)C1. The molecule has 0 spiro atoms. The van der Waals surface area contributed by atoms with Gasteiger partial charge in [0.1, 0.15) is 5.75 Å². The summed E-state index contributed by atoms with van der Waals surface area (Å²) in [4.78, 5) is 10.7. The molecular weight excluding hydrogens is 264 g/mol. The summed E-state index contributed by atoms with van der Waals surface area (Å²) in [5.74, 6) is 1.99. The number of rotatable bonds is 6. The molecule has 0 heterocycles. The molecule has 116 valence electrons. The Morgan fingerprint density at radius 3 is 2.62 bits per heavy atom. The number of nitrogens with one attached hydrogen (secondary N) is 1. The zero-order valence-corrected chi connectivity index (χ0v) is 13.0. The van der Waals surface area contributed by atoms with Crippen molar-refractivity contribution in [2.75, 3.05) is 11.9 Å². The Hall–Kier alpha value is -1.71. The van der Waals surface area contributed by atoms with E-state index in [2.05, 4.69) is 19.2 Å². The average Bonchev–Trinajstić information content (AvgIpc) is 2.43. The minimum atomic E-state index is -0.339. The summed E-state index contributed by atoms with van der Waals surface area (Å²) in [5.41, 5.74) is 6.21. The highest BCUT2D eigenvalue weighted by molar-refractivity contribution is 5.73. The first-order valence-electron chi connectivity index (χ1n) is 7.82. The van der Waals surface area contributed by atoms with Gasteiger partial charge >= 0.3 is 0 Å². The van der Waals surface area contributed by atoms with Crippen LogP contribution in [0.15, 0.2) is 24.3 Å². The first kappa shape index (κ1) is 15.7. The lowest BCUT2D eigenvalue weighted by atomic mass is 9.80. The number of ether oxygens (including phenoxy) is 1. The molecule has 0 aromatic heterocycles. The second-order valence-corrected chi connectivity index (χ2v) is 6.24. The lowest BCUT2D eigenvalue weighted by molar-refractivity contribution is -0.118. The number of amides is 1. The normalized spacial score (nSPS) is 25.3. The Labute approximate surface area is 127 Å². The monoisotopic (exact) mass is 290 g/mol. The highest BCUT2D eigenvalue weighted by Crippen LogP contribution is 2.31. The van der Waals surface area contributed by atoms with E-state index in [0.717, 1.165) is 17.4 Å². The van der Waals surface area contributed by atoms with E-state index in [-0.39, 0.29) is 12.3 Å². The Bertz CT molecular complexity index is 458. The van der Waals surface area contributed by atoms with Crippen LogP contribution >= 0.6 is 0 Å². The molecule has 0 saturated heterocycles. The zero-order valence-electron chi connectivity index (χ0n) is 13.0. The first-order valence-corrected chi connectivity index (χ1v) is 7.82. The van der Waals surface area contributed by atoms with Crippen LogP contribution in [0.25, 0.3) is 0 Å². The van der Waals surface area contributed by atoms with Gasteiger partial charge in [-0.1, -0.05) is 13.8 Å². The number of hydrogen-bond acceptors (Lipinski definition) is 3. The second-order valence-electron chi connectivity index (χ2n) is 6.24. The van der Waals surface area contributed by atoms with Crippen molar-refractivity contribution >= 4 is 11.6 Å². The molecule has 1 amide bonds. The molecule has 3 N–H and O–H groups in total. The molecule has 2 rings (SSSR count). The van der Waals surface area contributed by atoms with Gasteiger partial charge in [-0.25, -0.2) is 0 Å². The van der Waals surface area contributed by atoms with Gasteiger partial charge in [-0.15, -0.1) is 0 Å². The van der Waals surface area contributed by atoms with Gasteiger partial charge in [0, 0.05) is 11.7 Å². The topological polar surface area (TPSA) is 64.3 Å². The summed E-state index contributed by atoms with van der Waals surface area (Å²) in [6, 6.07) is 8.48. The summed E-state index contributed by atoms with van der Waals surface area (Å²) < 4.78 is 5.47. The second kappa shape index (κ2) is 7.34. The van der Waals surface area contributed by atoms with Crippen molar-refractivity contribution in [3.05, 3.63) is 24.3 Å². The number of nitrogens with two attached hydrogens (primary N) is 1. The number of carbonyl (C=O) groups excluding carboxylic acids is 1. The van der Waals surface area contributed by atoms with Crippen LogP contribution in [-0.4, -0.2) is 18.6 Å². The van der Waals surface area contributed by atoms with E-state index in [9.17, 15) is 4.79 Å². The lowest BCUT2D eigenvalue weighted by Gasteiger charge is -2.33. The number of anilines is 1. The Morgan fingerprint density at radius 1 is 1.29 bits per heavy atom. The predicted octanol–water partition coefficient (Wildman–Crippen LogP) is 3.18. The van der Waals surface area contributed by atoms with Gasteiger partial charge in [-0.2, -0.15) is 0 Å². The van der Waals surface area contributed by atoms with Crippen LogP contribution in [0.3, 0.4) is 0 Å². The standard InChI is InChI=1S/C17H26N2O2/c1-12-3-8-16(13(2)11-12)19-14-4-6-15(7-5-14)21-10-9-17(18)20/h4-7,12-13,16,19H,3,8-11H2,1-2H3,(H2,18,20). The van der Waals surface area contributed by atoms with Crippen LogP contribution in [-0.2, 0) is 4.79 Å². The highest BCUT2D eigenvalue weighted by Gasteiger charge is 2.24. The molecule has 3 unspecified atom stereocenters. The Morgan fingerprint density at radius 2 is 2.00 bits per heavy atom. The van der Waals surface area contributed by atoms with Crippen LogP contribution in [0.4, 0.5) is 5.69 Å². The Balaban J connectivity index is 1.83. The highest BCUT2D eigenvalue weighted by atomic mass is 16.5. The van der Waals surface area contributed by atoms with Crippen LogP contribution in [0, 0.1) is 11.8 Å². The van der Waals surface area contributed by atoms with Crippen LogP contribution in [0.1, 0.15) is 39.5 Å². The molecule has 1 fully saturated rings. The summed E-state index contributed by atoms with van der Waals surface area (Å²) in [6.45, 7) is 5.00. The summed E-state index contributed by atoms with van der Waals surface area (Å²) in [6.07, 6.45) is 4.08.